The van der Waals surface area contributed by atoms with Gasteiger partial charge in [-0.15, -0.1) is 10.2 Å². The number of pyridine rings is 1. The van der Waals surface area contributed by atoms with Gasteiger partial charge in [0, 0.05) is 47.6 Å². The molecule has 0 spiro atoms. The average molecular weight is 487 g/mol. The number of anilines is 2. The largest absolute Gasteiger partial charge is 0.369 e. The van der Waals surface area contributed by atoms with Crippen LogP contribution in [0.3, 0.4) is 0 Å². The molecule has 4 rings (SSSR count). The molecule has 0 bridgehead atoms. The number of rotatable bonds is 9. The van der Waals surface area contributed by atoms with E-state index in [2.05, 4.69) is 65.2 Å². The van der Waals surface area contributed by atoms with Crippen LogP contribution in [0.5, 0.6) is 0 Å². The van der Waals surface area contributed by atoms with E-state index in [1.54, 1.807) is 12.4 Å². The molecule has 0 unspecified atom stereocenters. The first-order valence-electron chi connectivity index (χ1n) is 11.7. The fourth-order valence-corrected chi connectivity index (χ4v) is 4.64. The van der Waals surface area contributed by atoms with Gasteiger partial charge in [0.25, 0.3) is 0 Å². The van der Waals surface area contributed by atoms with Gasteiger partial charge in [-0.2, -0.15) is 0 Å². The summed E-state index contributed by atoms with van der Waals surface area (Å²) in [6.45, 7) is 9.47. The Bertz CT molecular complexity index is 1250. The highest BCUT2D eigenvalue weighted by Gasteiger charge is 2.17. The highest BCUT2D eigenvalue weighted by molar-refractivity contribution is 7.99. The summed E-state index contributed by atoms with van der Waals surface area (Å²) in [4.78, 5) is 19.1. The van der Waals surface area contributed by atoms with E-state index in [1.807, 2.05) is 53.1 Å². The van der Waals surface area contributed by atoms with Gasteiger partial charge in [-0.3, -0.25) is 14.3 Å². The molecule has 7 nitrogen and oxygen atoms in total. The van der Waals surface area contributed by atoms with Gasteiger partial charge in [0.05, 0.1) is 5.75 Å². The molecule has 1 N–H and O–H groups in total. The first kappa shape index (κ1) is 24.5. The molecule has 2 aromatic carbocycles. The molecule has 0 aliphatic rings. The minimum absolute atomic E-state index is 0.0946. The maximum atomic E-state index is 12.7. The zero-order valence-electron chi connectivity index (χ0n) is 20.5. The van der Waals surface area contributed by atoms with E-state index in [-0.39, 0.29) is 11.7 Å². The van der Waals surface area contributed by atoms with E-state index in [9.17, 15) is 4.79 Å². The lowest BCUT2D eigenvalue weighted by atomic mass is 10.2. The number of carbonyl (C=O) groups excluding carboxylic acids is 1. The summed E-state index contributed by atoms with van der Waals surface area (Å²) in [6, 6.07) is 20.4. The summed E-state index contributed by atoms with van der Waals surface area (Å²) >= 11 is 1.36. The lowest BCUT2D eigenvalue weighted by molar-refractivity contribution is -0.113. The predicted molar refractivity (Wildman–Crippen MR) is 143 cm³/mol. The monoisotopic (exact) mass is 486 g/mol. The standard InChI is InChI=1S/C27H30N6OS/c1-5-32(19(2)3)23-12-8-22(9-13-23)29-25(34)18-35-27-31-30-26(21-14-16-28-17-15-21)33(27)24-10-6-20(4)7-11-24/h6-17,19H,5,18H2,1-4H3,(H,29,34). The second kappa shape index (κ2) is 11.2. The lowest BCUT2D eigenvalue weighted by Crippen LogP contribution is -2.30. The summed E-state index contributed by atoms with van der Waals surface area (Å²) in [5.41, 5.74) is 4.94. The topological polar surface area (TPSA) is 75.9 Å². The van der Waals surface area contributed by atoms with Crippen LogP contribution in [0.1, 0.15) is 26.3 Å². The van der Waals surface area contributed by atoms with E-state index in [0.717, 1.165) is 29.2 Å². The van der Waals surface area contributed by atoms with Crippen LogP contribution in [-0.4, -0.2) is 44.0 Å². The van der Waals surface area contributed by atoms with Crippen molar-refractivity contribution in [3.05, 3.63) is 78.6 Å². The Morgan fingerprint density at radius 3 is 2.31 bits per heavy atom. The van der Waals surface area contributed by atoms with Crippen LogP contribution in [0.25, 0.3) is 17.1 Å². The summed E-state index contributed by atoms with van der Waals surface area (Å²) in [5, 5.41) is 12.5. The van der Waals surface area contributed by atoms with Gasteiger partial charge in [0.15, 0.2) is 11.0 Å². The number of thioether (sulfide) groups is 1. The number of benzene rings is 2. The second-order valence-electron chi connectivity index (χ2n) is 8.48. The van der Waals surface area contributed by atoms with Crippen molar-refractivity contribution in [3.63, 3.8) is 0 Å². The molecule has 2 heterocycles. The van der Waals surface area contributed by atoms with Crippen molar-refractivity contribution in [3.8, 4) is 17.1 Å². The van der Waals surface area contributed by atoms with Gasteiger partial charge in [-0.05, 0) is 76.2 Å². The number of aromatic nitrogens is 4. The molecule has 35 heavy (non-hydrogen) atoms. The first-order chi connectivity index (χ1) is 17.0. The lowest BCUT2D eigenvalue weighted by Gasteiger charge is -2.27. The van der Waals surface area contributed by atoms with E-state index >= 15 is 0 Å². The van der Waals surface area contributed by atoms with Crippen molar-refractivity contribution >= 4 is 29.0 Å². The van der Waals surface area contributed by atoms with Crippen molar-refractivity contribution in [1.29, 1.82) is 0 Å². The highest BCUT2D eigenvalue weighted by Crippen LogP contribution is 2.28. The quantitative estimate of drug-likeness (QED) is 0.310. The minimum atomic E-state index is -0.0946. The third-order valence-electron chi connectivity index (χ3n) is 5.64. The molecule has 0 atom stereocenters. The first-order valence-corrected chi connectivity index (χ1v) is 12.7. The third kappa shape index (κ3) is 5.89. The van der Waals surface area contributed by atoms with E-state index in [4.69, 9.17) is 0 Å². The summed E-state index contributed by atoms with van der Waals surface area (Å²) in [6.07, 6.45) is 3.46. The number of hydrogen-bond acceptors (Lipinski definition) is 6. The number of amides is 1. The van der Waals surface area contributed by atoms with Crippen LogP contribution in [0.4, 0.5) is 11.4 Å². The van der Waals surface area contributed by atoms with Crippen LogP contribution in [0.15, 0.2) is 78.2 Å². The van der Waals surface area contributed by atoms with Gasteiger partial charge in [0.2, 0.25) is 5.91 Å². The van der Waals surface area contributed by atoms with E-state index in [0.29, 0.717) is 17.0 Å². The fourth-order valence-electron chi connectivity index (χ4n) is 3.89. The number of aryl methyl sites for hydroxylation is 1. The zero-order chi connectivity index (χ0) is 24.8. The number of nitrogens with one attached hydrogen (secondary N) is 1. The van der Waals surface area contributed by atoms with Crippen molar-refractivity contribution in [2.24, 2.45) is 0 Å². The van der Waals surface area contributed by atoms with Crippen LogP contribution < -0.4 is 10.2 Å². The SMILES string of the molecule is CCN(c1ccc(NC(=O)CSc2nnc(-c3ccncc3)n2-c2ccc(C)cc2)cc1)C(C)C. The smallest absolute Gasteiger partial charge is 0.234 e. The van der Waals surface area contributed by atoms with Crippen molar-refractivity contribution in [2.75, 3.05) is 22.5 Å². The number of hydrogen-bond donors (Lipinski definition) is 1. The zero-order valence-corrected chi connectivity index (χ0v) is 21.3. The Labute approximate surface area is 210 Å². The second-order valence-corrected chi connectivity index (χ2v) is 9.42. The Hall–Kier alpha value is -3.65. The molecular formula is C27H30N6OS. The molecule has 0 aliphatic heterocycles. The summed E-state index contributed by atoms with van der Waals surface area (Å²) in [5.74, 6) is 0.832. The fraction of sp³-hybridized carbons (Fsp3) is 0.259. The third-order valence-corrected chi connectivity index (χ3v) is 6.57. The molecule has 0 fully saturated rings. The molecule has 0 radical (unpaired) electrons. The average Bonchev–Trinajstić information content (AvgIpc) is 3.29. The molecular weight excluding hydrogens is 456 g/mol. The Kier molecular flexibility index (Phi) is 7.82. The molecule has 0 aliphatic carbocycles. The highest BCUT2D eigenvalue weighted by atomic mass is 32.2. The van der Waals surface area contributed by atoms with Gasteiger partial charge < -0.3 is 10.2 Å². The van der Waals surface area contributed by atoms with Gasteiger partial charge >= 0.3 is 0 Å². The molecule has 0 saturated heterocycles. The van der Waals surface area contributed by atoms with Gasteiger partial charge in [-0.1, -0.05) is 29.5 Å². The Morgan fingerprint density at radius 2 is 1.69 bits per heavy atom. The van der Waals surface area contributed by atoms with Crippen LogP contribution in [0, 0.1) is 6.92 Å². The Balaban J connectivity index is 1.49. The maximum Gasteiger partial charge on any atom is 0.234 e. The molecule has 2 aromatic heterocycles. The van der Waals surface area contributed by atoms with Gasteiger partial charge in [0.1, 0.15) is 0 Å². The predicted octanol–water partition coefficient (Wildman–Crippen LogP) is 5.60. The summed E-state index contributed by atoms with van der Waals surface area (Å²) < 4.78 is 1.98. The molecule has 8 heteroatoms. The van der Waals surface area contributed by atoms with E-state index < -0.39 is 0 Å². The van der Waals surface area contributed by atoms with E-state index in [1.165, 1.54) is 17.3 Å². The number of nitrogens with zero attached hydrogens (tertiary/aromatic N) is 5. The van der Waals surface area contributed by atoms with Crippen LogP contribution in [0.2, 0.25) is 0 Å². The Morgan fingerprint density at radius 1 is 1.00 bits per heavy atom. The molecule has 0 saturated carbocycles. The van der Waals surface area contributed by atoms with Crippen molar-refractivity contribution in [1.82, 2.24) is 19.7 Å². The van der Waals surface area contributed by atoms with Crippen molar-refractivity contribution in [2.45, 2.75) is 38.9 Å². The molecule has 1 amide bonds. The van der Waals surface area contributed by atoms with Crippen LogP contribution >= 0.6 is 11.8 Å². The minimum Gasteiger partial charge on any atom is -0.369 e. The summed E-state index contributed by atoms with van der Waals surface area (Å²) in [7, 11) is 0. The van der Waals surface area contributed by atoms with Crippen molar-refractivity contribution < 1.29 is 4.79 Å². The molecule has 4 aromatic rings. The normalized spacial score (nSPS) is 11.0. The van der Waals surface area contributed by atoms with Crippen LogP contribution in [-0.2, 0) is 4.79 Å². The van der Waals surface area contributed by atoms with Gasteiger partial charge in [-0.25, -0.2) is 0 Å². The maximum absolute atomic E-state index is 12.7. The molecule has 180 valence electrons. The number of carbonyl (C=O) groups is 1.